The number of hydrogen-bond donors (Lipinski definition) is 2. The van der Waals surface area contributed by atoms with E-state index in [2.05, 4.69) is 15.4 Å². The number of hydrogen-bond acceptors (Lipinski definition) is 5. The summed E-state index contributed by atoms with van der Waals surface area (Å²) >= 11 is 0. The third kappa shape index (κ3) is 6.17. The summed E-state index contributed by atoms with van der Waals surface area (Å²) in [4.78, 5) is 30.4. The van der Waals surface area contributed by atoms with Crippen molar-refractivity contribution in [2.45, 2.75) is 45.1 Å². The summed E-state index contributed by atoms with van der Waals surface area (Å²) in [5.41, 5.74) is 8.36. The molecule has 0 aliphatic carbocycles. The van der Waals surface area contributed by atoms with Gasteiger partial charge in [-0.1, -0.05) is 37.6 Å². The fourth-order valence-corrected chi connectivity index (χ4v) is 4.33. The highest BCUT2D eigenvalue weighted by Crippen LogP contribution is 2.21. The highest BCUT2D eigenvalue weighted by molar-refractivity contribution is 5.97. The number of aryl methyl sites for hydroxylation is 3. The number of rotatable bonds is 10. The van der Waals surface area contributed by atoms with Crippen molar-refractivity contribution < 1.29 is 18.4 Å². The van der Waals surface area contributed by atoms with Gasteiger partial charge < -0.3 is 11.1 Å². The number of nitrogen functional groups attached to an aromatic ring is 1. The largest absolute Gasteiger partial charge is 0.383 e. The second kappa shape index (κ2) is 11.3. The molecule has 0 aliphatic rings. The van der Waals surface area contributed by atoms with Crippen LogP contribution in [0, 0.1) is 11.6 Å². The molecule has 1 amide bonds. The van der Waals surface area contributed by atoms with E-state index in [1.165, 1.54) is 6.07 Å². The molecule has 0 radical (unpaired) electrons. The fraction of sp³-hybridized carbons (Fsp3) is 0.286. The zero-order valence-electron chi connectivity index (χ0n) is 20.8. The van der Waals surface area contributed by atoms with E-state index in [9.17, 15) is 18.4 Å². The topological polar surface area (TPSA) is 103 Å². The number of Topliss-reactive ketones (excluding diaryl/α,β-unsaturated/α-hetero) is 1. The number of nitrogens with one attached hydrogen (secondary N) is 1. The first-order chi connectivity index (χ1) is 17.7. The molecule has 0 spiro atoms. The number of ketones is 1. The quantitative estimate of drug-likeness (QED) is 0.334. The first kappa shape index (κ1) is 25.9. The minimum absolute atomic E-state index is 0.0242. The smallest absolute Gasteiger partial charge is 0.272 e. The maximum atomic E-state index is 13.8. The van der Waals surface area contributed by atoms with Gasteiger partial charge in [0.15, 0.2) is 17.4 Å². The number of nitrogens with zero attached hydrogens (tertiary/aromatic N) is 3. The lowest BCUT2D eigenvalue weighted by Crippen LogP contribution is -2.42. The third-order valence-electron chi connectivity index (χ3n) is 6.35. The number of halogens is 2. The van der Waals surface area contributed by atoms with Crippen molar-refractivity contribution in [2.24, 2.45) is 7.05 Å². The molecule has 2 aromatic heterocycles. The fourth-order valence-electron chi connectivity index (χ4n) is 4.33. The molecular formula is C28H29F2N5O2. The Labute approximate surface area is 213 Å². The SMILES string of the molecule is CCCc1cc(C(=O)N[C@@H](Cc2ccc(F)c(F)c2)C(=O)CCc2ccc3c(N)nccc3c2)nn1C. The van der Waals surface area contributed by atoms with Crippen LogP contribution in [0.5, 0.6) is 0 Å². The van der Waals surface area contributed by atoms with Crippen LogP contribution in [0.3, 0.4) is 0 Å². The highest BCUT2D eigenvalue weighted by atomic mass is 19.2. The van der Waals surface area contributed by atoms with Gasteiger partial charge in [0.25, 0.3) is 5.91 Å². The second-order valence-corrected chi connectivity index (χ2v) is 9.09. The van der Waals surface area contributed by atoms with Crippen LogP contribution in [-0.4, -0.2) is 32.5 Å². The van der Waals surface area contributed by atoms with E-state index in [1.54, 1.807) is 24.0 Å². The van der Waals surface area contributed by atoms with Crippen LogP contribution in [0.15, 0.2) is 54.7 Å². The number of carbonyl (C=O) groups is 2. The Hall–Kier alpha value is -4.14. The van der Waals surface area contributed by atoms with E-state index in [1.807, 2.05) is 31.2 Å². The van der Waals surface area contributed by atoms with Crippen LogP contribution in [0.4, 0.5) is 14.6 Å². The van der Waals surface area contributed by atoms with Crippen molar-refractivity contribution >= 4 is 28.3 Å². The Morgan fingerprint density at radius 3 is 2.57 bits per heavy atom. The maximum absolute atomic E-state index is 13.8. The number of aromatic nitrogens is 3. The van der Waals surface area contributed by atoms with E-state index < -0.39 is 23.6 Å². The molecule has 4 aromatic rings. The summed E-state index contributed by atoms with van der Waals surface area (Å²) < 4.78 is 28.9. The minimum Gasteiger partial charge on any atom is -0.383 e. The van der Waals surface area contributed by atoms with Gasteiger partial charge >= 0.3 is 0 Å². The van der Waals surface area contributed by atoms with E-state index in [0.29, 0.717) is 17.8 Å². The molecule has 37 heavy (non-hydrogen) atoms. The van der Waals surface area contributed by atoms with Crippen molar-refractivity contribution in [1.29, 1.82) is 0 Å². The lowest BCUT2D eigenvalue weighted by atomic mass is 9.96. The Morgan fingerprint density at radius 1 is 1.03 bits per heavy atom. The number of benzene rings is 2. The molecule has 192 valence electrons. The molecule has 2 heterocycles. The van der Waals surface area contributed by atoms with Gasteiger partial charge in [0, 0.05) is 30.7 Å². The number of fused-ring (bicyclic) bond motifs is 1. The predicted molar refractivity (Wildman–Crippen MR) is 138 cm³/mol. The Morgan fingerprint density at radius 2 is 1.81 bits per heavy atom. The summed E-state index contributed by atoms with van der Waals surface area (Å²) in [7, 11) is 1.76. The van der Waals surface area contributed by atoms with Gasteiger partial charge in [0.2, 0.25) is 0 Å². The van der Waals surface area contributed by atoms with Crippen molar-refractivity contribution in [3.8, 4) is 0 Å². The zero-order chi connectivity index (χ0) is 26.5. The second-order valence-electron chi connectivity index (χ2n) is 9.09. The van der Waals surface area contributed by atoms with Crippen LogP contribution in [0.25, 0.3) is 10.8 Å². The number of amides is 1. The molecule has 1 atom stereocenters. The first-order valence-electron chi connectivity index (χ1n) is 12.2. The monoisotopic (exact) mass is 505 g/mol. The van der Waals surface area contributed by atoms with Gasteiger partial charge in [-0.05, 0) is 60.0 Å². The standard InChI is InChI=1S/C28H29F2N5O2/c1-3-4-20-16-25(34-35(20)2)28(37)33-24(15-18-6-9-22(29)23(30)14-18)26(36)10-7-17-5-8-21-19(13-17)11-12-32-27(21)31/h5-6,8-9,11-14,16,24H,3-4,7,10,15H2,1-2H3,(H2,31,32)(H,33,37)/t24-/m0/s1. The average Bonchev–Trinajstić information content (AvgIpc) is 3.25. The third-order valence-corrected chi connectivity index (χ3v) is 6.35. The Bertz CT molecular complexity index is 1450. The Kier molecular flexibility index (Phi) is 7.91. The summed E-state index contributed by atoms with van der Waals surface area (Å²) in [6, 6.07) is 11.8. The molecule has 0 aliphatic heterocycles. The van der Waals surface area contributed by atoms with Gasteiger partial charge in [0.05, 0.1) is 6.04 Å². The van der Waals surface area contributed by atoms with Gasteiger partial charge in [-0.25, -0.2) is 13.8 Å². The molecule has 3 N–H and O–H groups in total. The first-order valence-corrected chi connectivity index (χ1v) is 12.2. The number of nitrogens with two attached hydrogens (primary N) is 1. The molecule has 0 saturated heterocycles. The summed E-state index contributed by atoms with van der Waals surface area (Å²) in [6.45, 7) is 2.03. The van der Waals surface area contributed by atoms with Crippen LogP contribution in [0.1, 0.15) is 47.1 Å². The van der Waals surface area contributed by atoms with Gasteiger partial charge in [0.1, 0.15) is 11.5 Å². The summed E-state index contributed by atoms with van der Waals surface area (Å²) in [5, 5.41) is 8.79. The lowest BCUT2D eigenvalue weighted by Gasteiger charge is -2.18. The molecule has 0 saturated carbocycles. The van der Waals surface area contributed by atoms with Crippen LogP contribution < -0.4 is 11.1 Å². The molecule has 9 heteroatoms. The predicted octanol–water partition coefficient (Wildman–Crippen LogP) is 4.32. The van der Waals surface area contributed by atoms with Gasteiger partial charge in [-0.3, -0.25) is 14.3 Å². The number of carbonyl (C=O) groups excluding carboxylic acids is 2. The minimum atomic E-state index is -1.01. The molecule has 0 bridgehead atoms. The van der Waals surface area contributed by atoms with Crippen molar-refractivity contribution in [1.82, 2.24) is 20.1 Å². The van der Waals surface area contributed by atoms with Gasteiger partial charge in [-0.15, -0.1) is 0 Å². The normalized spacial score (nSPS) is 12.0. The van der Waals surface area contributed by atoms with E-state index in [-0.39, 0.29) is 24.3 Å². The summed E-state index contributed by atoms with van der Waals surface area (Å²) in [5.74, 6) is -2.26. The van der Waals surface area contributed by atoms with E-state index in [0.717, 1.165) is 47.0 Å². The van der Waals surface area contributed by atoms with Crippen LogP contribution >= 0.6 is 0 Å². The molecule has 0 unspecified atom stereocenters. The highest BCUT2D eigenvalue weighted by Gasteiger charge is 2.24. The van der Waals surface area contributed by atoms with Crippen molar-refractivity contribution in [2.75, 3.05) is 5.73 Å². The van der Waals surface area contributed by atoms with E-state index >= 15 is 0 Å². The molecular weight excluding hydrogens is 476 g/mol. The Balaban J connectivity index is 1.52. The van der Waals surface area contributed by atoms with Crippen molar-refractivity contribution in [3.05, 3.63) is 88.9 Å². The molecule has 4 rings (SSSR count). The van der Waals surface area contributed by atoms with Crippen LogP contribution in [0.2, 0.25) is 0 Å². The van der Waals surface area contributed by atoms with Crippen molar-refractivity contribution in [3.63, 3.8) is 0 Å². The molecule has 0 fully saturated rings. The van der Waals surface area contributed by atoms with Gasteiger partial charge in [-0.2, -0.15) is 5.10 Å². The number of pyridine rings is 1. The summed E-state index contributed by atoms with van der Waals surface area (Å²) in [6.07, 6.45) is 3.90. The average molecular weight is 506 g/mol. The lowest BCUT2D eigenvalue weighted by molar-refractivity contribution is -0.120. The number of anilines is 1. The van der Waals surface area contributed by atoms with E-state index in [4.69, 9.17) is 5.73 Å². The molecule has 7 nitrogen and oxygen atoms in total. The molecule has 2 aromatic carbocycles. The zero-order valence-corrected chi connectivity index (χ0v) is 20.8. The van der Waals surface area contributed by atoms with Crippen LogP contribution in [-0.2, 0) is 31.1 Å². The maximum Gasteiger partial charge on any atom is 0.272 e.